The summed E-state index contributed by atoms with van der Waals surface area (Å²) < 4.78 is 1.38. The summed E-state index contributed by atoms with van der Waals surface area (Å²) in [5.74, 6) is -0.785. The smallest absolute Gasteiger partial charge is 0.265 e. The van der Waals surface area contributed by atoms with Crippen LogP contribution in [0.5, 0.6) is 5.75 Å². The van der Waals surface area contributed by atoms with E-state index in [4.69, 9.17) is 0 Å². The Balaban J connectivity index is 2.07. The van der Waals surface area contributed by atoms with E-state index in [9.17, 15) is 14.7 Å². The number of carbonyl (C=O) groups excluding carboxylic acids is 1. The third kappa shape index (κ3) is 2.74. The number of allylic oxidation sites excluding steroid dienone is 1. The first-order valence-corrected chi connectivity index (χ1v) is 7.59. The van der Waals surface area contributed by atoms with E-state index in [1.54, 1.807) is 37.4 Å². The Kier molecular flexibility index (Phi) is 4.04. The lowest BCUT2D eigenvalue weighted by atomic mass is 10.1. The second kappa shape index (κ2) is 6.16. The third-order valence-electron chi connectivity index (χ3n) is 4.03. The van der Waals surface area contributed by atoms with Crippen molar-refractivity contribution in [2.45, 2.75) is 6.92 Å². The normalized spacial score (nSPS) is 11.2. The monoisotopic (exact) mass is 319 g/mol. The predicted molar refractivity (Wildman–Crippen MR) is 95.4 cm³/mol. The zero-order valence-electron chi connectivity index (χ0n) is 13.5. The van der Waals surface area contributed by atoms with Crippen molar-refractivity contribution in [3.63, 3.8) is 0 Å². The summed E-state index contributed by atoms with van der Waals surface area (Å²) in [6, 6.07) is 14.6. The van der Waals surface area contributed by atoms with Crippen LogP contribution in [0.1, 0.15) is 21.5 Å². The largest absolute Gasteiger partial charge is 0.506 e. The molecule has 3 rings (SSSR count). The average Bonchev–Trinajstić information content (AvgIpc) is 2.59. The van der Waals surface area contributed by atoms with Gasteiger partial charge < -0.3 is 9.67 Å². The van der Waals surface area contributed by atoms with Crippen LogP contribution in [-0.2, 0) is 7.05 Å². The number of hydrogen-bond donors (Lipinski definition) is 1. The highest BCUT2D eigenvalue weighted by Gasteiger charge is 2.18. The number of aryl methyl sites for hydroxylation is 2. The Morgan fingerprint density at radius 1 is 1.08 bits per heavy atom. The van der Waals surface area contributed by atoms with Gasteiger partial charge in [0.2, 0.25) is 0 Å². The van der Waals surface area contributed by atoms with Gasteiger partial charge in [-0.05, 0) is 30.7 Å². The van der Waals surface area contributed by atoms with Crippen LogP contribution in [-0.4, -0.2) is 15.5 Å². The molecule has 0 aliphatic heterocycles. The van der Waals surface area contributed by atoms with Gasteiger partial charge in [-0.25, -0.2) is 0 Å². The minimum atomic E-state index is -0.514. The number of carbonyl (C=O) groups is 1. The van der Waals surface area contributed by atoms with Gasteiger partial charge in [0.15, 0.2) is 5.78 Å². The summed E-state index contributed by atoms with van der Waals surface area (Å²) in [6.45, 7) is 1.98. The predicted octanol–water partition coefficient (Wildman–Crippen LogP) is 3.45. The van der Waals surface area contributed by atoms with Crippen molar-refractivity contribution in [3.05, 3.63) is 81.7 Å². The van der Waals surface area contributed by atoms with Gasteiger partial charge in [-0.1, -0.05) is 48.0 Å². The molecule has 1 aromatic heterocycles. The van der Waals surface area contributed by atoms with Crippen molar-refractivity contribution in [3.8, 4) is 5.75 Å². The van der Waals surface area contributed by atoms with Gasteiger partial charge in [0.25, 0.3) is 5.56 Å². The number of rotatable bonds is 3. The van der Waals surface area contributed by atoms with Gasteiger partial charge in [0.05, 0.1) is 5.52 Å². The van der Waals surface area contributed by atoms with E-state index in [2.05, 4.69) is 0 Å². The fourth-order valence-corrected chi connectivity index (χ4v) is 2.63. The maximum atomic E-state index is 12.5. The number of ketones is 1. The van der Waals surface area contributed by atoms with Gasteiger partial charge in [-0.2, -0.15) is 0 Å². The van der Waals surface area contributed by atoms with E-state index in [0.29, 0.717) is 10.9 Å². The molecule has 24 heavy (non-hydrogen) atoms. The molecule has 1 N–H and O–H groups in total. The van der Waals surface area contributed by atoms with Crippen molar-refractivity contribution < 1.29 is 9.90 Å². The van der Waals surface area contributed by atoms with Crippen molar-refractivity contribution in [2.75, 3.05) is 0 Å². The van der Waals surface area contributed by atoms with Crippen LogP contribution in [0.15, 0.2) is 59.4 Å². The van der Waals surface area contributed by atoms with E-state index in [0.717, 1.165) is 11.1 Å². The molecule has 0 saturated carbocycles. The molecule has 0 fully saturated rings. The molecule has 0 spiro atoms. The number of fused-ring (bicyclic) bond motifs is 1. The lowest BCUT2D eigenvalue weighted by molar-refractivity contribution is 0.104. The molecule has 120 valence electrons. The third-order valence-corrected chi connectivity index (χ3v) is 4.03. The molecule has 0 amide bonds. The quantitative estimate of drug-likeness (QED) is 0.594. The number of aromatic nitrogens is 1. The molecule has 2 aromatic carbocycles. The zero-order chi connectivity index (χ0) is 17.3. The minimum absolute atomic E-state index is 0.209. The molecular formula is C20H17NO3. The van der Waals surface area contributed by atoms with Crippen molar-refractivity contribution in [1.82, 2.24) is 4.57 Å². The van der Waals surface area contributed by atoms with Crippen LogP contribution < -0.4 is 5.56 Å². The molecule has 0 aliphatic carbocycles. The molecule has 4 nitrogen and oxygen atoms in total. The van der Waals surface area contributed by atoms with Gasteiger partial charge in [0.1, 0.15) is 11.3 Å². The molecule has 0 radical (unpaired) electrons. The van der Waals surface area contributed by atoms with E-state index < -0.39 is 11.3 Å². The Bertz CT molecular complexity index is 1010. The van der Waals surface area contributed by atoms with E-state index >= 15 is 0 Å². The van der Waals surface area contributed by atoms with E-state index in [1.165, 1.54) is 10.6 Å². The van der Waals surface area contributed by atoms with Crippen molar-refractivity contribution >= 4 is 22.8 Å². The average molecular weight is 319 g/mol. The Morgan fingerprint density at radius 3 is 2.46 bits per heavy atom. The van der Waals surface area contributed by atoms with Crippen LogP contribution in [0.2, 0.25) is 0 Å². The number of pyridine rings is 1. The second-order valence-electron chi connectivity index (χ2n) is 5.71. The topological polar surface area (TPSA) is 59.3 Å². The highest BCUT2D eigenvalue weighted by atomic mass is 16.3. The van der Waals surface area contributed by atoms with Crippen LogP contribution in [0.25, 0.3) is 17.0 Å². The van der Waals surface area contributed by atoms with Crippen LogP contribution in [0.3, 0.4) is 0 Å². The molecule has 1 heterocycles. The van der Waals surface area contributed by atoms with Crippen LogP contribution in [0.4, 0.5) is 0 Å². The summed E-state index contributed by atoms with van der Waals surface area (Å²) in [5, 5.41) is 10.9. The summed E-state index contributed by atoms with van der Waals surface area (Å²) in [5.41, 5.74) is 1.84. The molecule has 4 heteroatoms. The summed E-state index contributed by atoms with van der Waals surface area (Å²) in [6.07, 6.45) is 2.95. The van der Waals surface area contributed by atoms with Crippen LogP contribution >= 0.6 is 0 Å². The molecule has 0 saturated heterocycles. The summed E-state index contributed by atoms with van der Waals surface area (Å²) >= 11 is 0. The molecule has 3 aromatic rings. The SMILES string of the molecule is Cc1ccc(/C=C/C(=O)c2c(O)c3ccccc3n(C)c2=O)cc1. The van der Waals surface area contributed by atoms with Gasteiger partial charge >= 0.3 is 0 Å². The lowest BCUT2D eigenvalue weighted by Gasteiger charge is -2.09. The second-order valence-corrected chi connectivity index (χ2v) is 5.71. The van der Waals surface area contributed by atoms with Gasteiger partial charge in [0, 0.05) is 12.4 Å². The number of para-hydroxylation sites is 1. The molecule has 0 aliphatic rings. The van der Waals surface area contributed by atoms with E-state index in [-0.39, 0.29) is 11.3 Å². The lowest BCUT2D eigenvalue weighted by Crippen LogP contribution is -2.24. The Morgan fingerprint density at radius 2 is 1.75 bits per heavy atom. The fourth-order valence-electron chi connectivity index (χ4n) is 2.63. The standard InChI is InChI=1S/C20H17NO3/c1-13-7-9-14(10-8-13)11-12-17(22)18-19(23)15-5-3-4-6-16(15)21(2)20(18)24/h3-12,23H,1-2H3/b12-11+. The van der Waals surface area contributed by atoms with Gasteiger partial charge in [-0.3, -0.25) is 9.59 Å². The molecule has 0 bridgehead atoms. The van der Waals surface area contributed by atoms with Crippen molar-refractivity contribution in [2.24, 2.45) is 7.05 Å². The number of benzene rings is 2. The summed E-state index contributed by atoms with van der Waals surface area (Å²) in [4.78, 5) is 24.9. The zero-order valence-corrected chi connectivity index (χ0v) is 13.5. The first-order chi connectivity index (χ1) is 11.5. The number of hydrogen-bond acceptors (Lipinski definition) is 3. The fraction of sp³-hybridized carbons (Fsp3) is 0.100. The molecule has 0 atom stereocenters. The van der Waals surface area contributed by atoms with E-state index in [1.807, 2.05) is 31.2 Å². The Hall–Kier alpha value is -3.14. The Labute approximate surface area is 139 Å². The highest BCUT2D eigenvalue weighted by molar-refractivity contribution is 6.11. The maximum Gasteiger partial charge on any atom is 0.265 e. The summed E-state index contributed by atoms with van der Waals surface area (Å²) in [7, 11) is 1.59. The highest BCUT2D eigenvalue weighted by Crippen LogP contribution is 2.26. The molecule has 0 unspecified atom stereocenters. The van der Waals surface area contributed by atoms with Crippen LogP contribution in [0, 0.1) is 6.92 Å². The number of aromatic hydroxyl groups is 1. The number of nitrogens with zero attached hydrogens (tertiary/aromatic N) is 1. The maximum absolute atomic E-state index is 12.5. The molecular weight excluding hydrogens is 302 g/mol. The van der Waals surface area contributed by atoms with Crippen molar-refractivity contribution in [1.29, 1.82) is 0 Å². The van der Waals surface area contributed by atoms with Gasteiger partial charge in [-0.15, -0.1) is 0 Å². The first-order valence-electron chi connectivity index (χ1n) is 7.59. The minimum Gasteiger partial charge on any atom is -0.506 e. The first kappa shape index (κ1) is 15.7.